The predicted molar refractivity (Wildman–Crippen MR) is 63.7 cm³/mol. The van der Waals surface area contributed by atoms with Crippen LogP contribution >= 0.6 is 0 Å². The largest absolute Gasteiger partial charge is 0.381 e. The maximum absolute atomic E-state index is 5.55. The number of rotatable bonds is 3. The molecule has 16 heavy (non-hydrogen) atoms. The zero-order chi connectivity index (χ0) is 11.5. The molecule has 0 unspecified atom stereocenters. The first-order valence-corrected chi connectivity index (χ1v) is 5.12. The molecule has 0 fully saturated rings. The van der Waals surface area contributed by atoms with Crippen LogP contribution in [0.2, 0.25) is 0 Å². The third kappa shape index (κ3) is 2.23. The summed E-state index contributed by atoms with van der Waals surface area (Å²) in [6.45, 7) is 0.858. The molecule has 0 spiro atoms. The van der Waals surface area contributed by atoms with E-state index in [1.54, 1.807) is 6.07 Å². The van der Waals surface area contributed by atoms with E-state index in [9.17, 15) is 0 Å². The summed E-state index contributed by atoms with van der Waals surface area (Å²) in [5.41, 5.74) is 7.79. The molecule has 0 bridgehead atoms. The molecular formula is C12H15N3O. The average Bonchev–Trinajstić information content (AvgIpc) is 2.65. The summed E-state index contributed by atoms with van der Waals surface area (Å²) in [6.07, 6.45) is 0. The number of anilines is 1. The van der Waals surface area contributed by atoms with E-state index in [1.807, 2.05) is 32.3 Å². The van der Waals surface area contributed by atoms with Crippen LogP contribution in [-0.2, 0) is 6.54 Å². The number of hydrogen-bond donors (Lipinski definition) is 1. The molecule has 0 saturated heterocycles. The van der Waals surface area contributed by atoms with Crippen molar-refractivity contribution in [1.29, 1.82) is 0 Å². The zero-order valence-electron chi connectivity index (χ0n) is 9.47. The van der Waals surface area contributed by atoms with Gasteiger partial charge in [-0.25, -0.2) is 0 Å². The molecule has 0 atom stereocenters. The van der Waals surface area contributed by atoms with E-state index < -0.39 is 0 Å². The first kappa shape index (κ1) is 10.7. The number of nitrogens with zero attached hydrogens (tertiary/aromatic N) is 2. The summed E-state index contributed by atoms with van der Waals surface area (Å²) >= 11 is 0. The van der Waals surface area contributed by atoms with Gasteiger partial charge >= 0.3 is 0 Å². The van der Waals surface area contributed by atoms with Crippen LogP contribution in [0.3, 0.4) is 0 Å². The Kier molecular flexibility index (Phi) is 2.92. The summed E-state index contributed by atoms with van der Waals surface area (Å²) < 4.78 is 5.18. The standard InChI is InChI=1S/C12H15N3O/c1-15(2)8-9-5-3-4-6-10(9)11-7-12(13)14-16-11/h3-7H,8H2,1-2H3,(H2,13,14). The van der Waals surface area contributed by atoms with E-state index in [0.717, 1.165) is 17.9 Å². The molecule has 0 radical (unpaired) electrons. The van der Waals surface area contributed by atoms with Gasteiger partial charge in [0, 0.05) is 18.2 Å². The molecule has 0 saturated carbocycles. The topological polar surface area (TPSA) is 55.3 Å². The van der Waals surface area contributed by atoms with Gasteiger partial charge in [0.2, 0.25) is 0 Å². The van der Waals surface area contributed by atoms with Crippen LogP contribution in [0, 0.1) is 0 Å². The minimum atomic E-state index is 0.412. The Morgan fingerprint density at radius 1 is 1.31 bits per heavy atom. The highest BCUT2D eigenvalue weighted by Gasteiger charge is 2.09. The predicted octanol–water partition coefficient (Wildman–Crippen LogP) is 1.99. The lowest BCUT2D eigenvalue weighted by Crippen LogP contribution is -2.11. The summed E-state index contributed by atoms with van der Waals surface area (Å²) in [7, 11) is 4.07. The quantitative estimate of drug-likeness (QED) is 0.854. The molecule has 1 aromatic carbocycles. The highest BCUT2D eigenvalue weighted by Crippen LogP contribution is 2.25. The molecule has 2 N–H and O–H groups in total. The van der Waals surface area contributed by atoms with Gasteiger partial charge in [-0.15, -0.1) is 0 Å². The second-order valence-corrected chi connectivity index (χ2v) is 4.01. The van der Waals surface area contributed by atoms with Gasteiger partial charge in [0.05, 0.1) is 0 Å². The molecule has 4 heteroatoms. The summed E-state index contributed by atoms with van der Waals surface area (Å²) in [5.74, 6) is 1.13. The Balaban J connectivity index is 2.40. The van der Waals surface area contributed by atoms with Crippen LogP contribution in [0.15, 0.2) is 34.9 Å². The van der Waals surface area contributed by atoms with Crippen molar-refractivity contribution in [3.8, 4) is 11.3 Å². The fraction of sp³-hybridized carbons (Fsp3) is 0.250. The van der Waals surface area contributed by atoms with Crippen LogP contribution in [-0.4, -0.2) is 24.2 Å². The van der Waals surface area contributed by atoms with Crippen molar-refractivity contribution in [1.82, 2.24) is 10.1 Å². The molecule has 0 aliphatic carbocycles. The average molecular weight is 217 g/mol. The van der Waals surface area contributed by atoms with Crippen LogP contribution in [0.4, 0.5) is 5.82 Å². The highest BCUT2D eigenvalue weighted by molar-refractivity contribution is 5.64. The minimum absolute atomic E-state index is 0.412. The Morgan fingerprint density at radius 2 is 2.06 bits per heavy atom. The SMILES string of the molecule is CN(C)Cc1ccccc1-c1cc(N)no1. The molecule has 84 valence electrons. The molecule has 0 amide bonds. The molecule has 1 aromatic heterocycles. The summed E-state index contributed by atoms with van der Waals surface area (Å²) in [4.78, 5) is 2.11. The fourth-order valence-electron chi connectivity index (χ4n) is 1.66. The van der Waals surface area contributed by atoms with Gasteiger partial charge in [0.1, 0.15) is 0 Å². The van der Waals surface area contributed by atoms with Crippen molar-refractivity contribution < 1.29 is 4.52 Å². The Labute approximate surface area is 94.6 Å². The van der Waals surface area contributed by atoms with Gasteiger partial charge < -0.3 is 15.2 Å². The molecule has 0 aliphatic rings. The monoisotopic (exact) mass is 217 g/mol. The Morgan fingerprint density at radius 3 is 2.69 bits per heavy atom. The van der Waals surface area contributed by atoms with Crippen molar-refractivity contribution in [2.75, 3.05) is 19.8 Å². The summed E-state index contributed by atoms with van der Waals surface area (Å²) in [5, 5.41) is 3.70. The van der Waals surface area contributed by atoms with Gasteiger partial charge in [-0.3, -0.25) is 0 Å². The first-order chi connectivity index (χ1) is 7.66. The molecule has 2 aromatic rings. The number of hydrogen-bond acceptors (Lipinski definition) is 4. The van der Waals surface area contributed by atoms with E-state index in [2.05, 4.69) is 16.1 Å². The molecule has 0 aliphatic heterocycles. The third-order valence-electron chi connectivity index (χ3n) is 2.30. The minimum Gasteiger partial charge on any atom is -0.381 e. The van der Waals surface area contributed by atoms with Gasteiger partial charge in [-0.2, -0.15) is 0 Å². The van der Waals surface area contributed by atoms with Crippen molar-refractivity contribution in [3.05, 3.63) is 35.9 Å². The van der Waals surface area contributed by atoms with Gasteiger partial charge in [0.25, 0.3) is 0 Å². The molecule has 2 rings (SSSR count). The lowest BCUT2D eigenvalue weighted by Gasteiger charge is -2.12. The maximum Gasteiger partial charge on any atom is 0.169 e. The van der Waals surface area contributed by atoms with Gasteiger partial charge in [-0.05, 0) is 19.7 Å². The first-order valence-electron chi connectivity index (χ1n) is 5.12. The van der Waals surface area contributed by atoms with Crippen LogP contribution in [0.1, 0.15) is 5.56 Å². The second-order valence-electron chi connectivity index (χ2n) is 4.01. The molecule has 1 heterocycles. The van der Waals surface area contributed by atoms with E-state index >= 15 is 0 Å². The van der Waals surface area contributed by atoms with Crippen LogP contribution in [0.5, 0.6) is 0 Å². The normalized spacial score (nSPS) is 10.9. The second kappa shape index (κ2) is 4.37. The summed E-state index contributed by atoms with van der Waals surface area (Å²) in [6, 6.07) is 9.83. The highest BCUT2D eigenvalue weighted by atomic mass is 16.5. The Bertz CT molecular complexity index is 477. The fourth-order valence-corrected chi connectivity index (χ4v) is 1.66. The zero-order valence-corrected chi connectivity index (χ0v) is 9.47. The van der Waals surface area contributed by atoms with Crippen LogP contribution in [0.25, 0.3) is 11.3 Å². The van der Waals surface area contributed by atoms with E-state index in [-0.39, 0.29) is 0 Å². The van der Waals surface area contributed by atoms with E-state index in [4.69, 9.17) is 10.3 Å². The lowest BCUT2D eigenvalue weighted by molar-refractivity contribution is 0.400. The van der Waals surface area contributed by atoms with E-state index in [0.29, 0.717) is 5.82 Å². The lowest BCUT2D eigenvalue weighted by atomic mass is 10.1. The van der Waals surface area contributed by atoms with Crippen molar-refractivity contribution in [2.45, 2.75) is 6.54 Å². The number of benzene rings is 1. The number of nitrogen functional groups attached to an aromatic ring is 1. The molecule has 4 nitrogen and oxygen atoms in total. The van der Waals surface area contributed by atoms with Crippen LogP contribution < -0.4 is 5.73 Å². The van der Waals surface area contributed by atoms with Gasteiger partial charge in [0.15, 0.2) is 11.6 Å². The van der Waals surface area contributed by atoms with Crippen molar-refractivity contribution >= 4 is 5.82 Å². The number of aromatic nitrogens is 1. The third-order valence-corrected chi connectivity index (χ3v) is 2.30. The van der Waals surface area contributed by atoms with Crippen molar-refractivity contribution in [3.63, 3.8) is 0 Å². The smallest absolute Gasteiger partial charge is 0.169 e. The maximum atomic E-state index is 5.55. The van der Waals surface area contributed by atoms with E-state index in [1.165, 1.54) is 5.56 Å². The molecular weight excluding hydrogens is 202 g/mol. The Hall–Kier alpha value is -1.81. The number of nitrogens with two attached hydrogens (primary N) is 1. The van der Waals surface area contributed by atoms with Crippen molar-refractivity contribution in [2.24, 2.45) is 0 Å². The van der Waals surface area contributed by atoms with Gasteiger partial charge in [-0.1, -0.05) is 29.4 Å².